The number of nitrogens with one attached hydrogen (secondary N) is 2. The van der Waals surface area contributed by atoms with Crippen molar-refractivity contribution >= 4 is 23.1 Å². The molecule has 8 heteroatoms. The van der Waals surface area contributed by atoms with Crippen LogP contribution in [0.4, 0.5) is 17.2 Å². The lowest BCUT2D eigenvalue weighted by Crippen LogP contribution is -2.35. The molecule has 3 aliphatic heterocycles. The Bertz CT molecular complexity index is 1210. The maximum atomic E-state index is 12.8. The molecule has 6 rings (SSSR count). The number of piperidine rings is 1. The lowest BCUT2D eigenvalue weighted by atomic mass is 9.99. The van der Waals surface area contributed by atoms with Crippen molar-refractivity contribution in [3.8, 4) is 11.3 Å². The van der Waals surface area contributed by atoms with Crippen LogP contribution in [0, 0.1) is 0 Å². The number of fused-ring (bicyclic) bond motifs is 2. The van der Waals surface area contributed by atoms with Gasteiger partial charge in [0.1, 0.15) is 11.6 Å². The normalized spacial score (nSPS) is 18.3. The zero-order valence-corrected chi connectivity index (χ0v) is 19.3. The van der Waals surface area contributed by atoms with Gasteiger partial charge in [0.25, 0.3) is 5.91 Å². The highest BCUT2D eigenvalue weighted by molar-refractivity contribution is 6.06. The first kappa shape index (κ1) is 21.2. The molecular formula is C26H30N6O2. The minimum Gasteiger partial charge on any atom is -0.393 e. The number of pyridine rings is 1. The van der Waals surface area contributed by atoms with Gasteiger partial charge in [-0.15, -0.1) is 0 Å². The summed E-state index contributed by atoms with van der Waals surface area (Å²) in [5.74, 6) is 1.79. The Morgan fingerprint density at radius 3 is 2.71 bits per heavy atom. The smallest absolute Gasteiger partial charge is 0.254 e. The summed E-state index contributed by atoms with van der Waals surface area (Å²) in [7, 11) is 0. The first-order valence-electron chi connectivity index (χ1n) is 12.3. The van der Waals surface area contributed by atoms with E-state index in [9.17, 15) is 9.90 Å². The fourth-order valence-electron chi connectivity index (χ4n) is 5.41. The molecule has 0 spiro atoms. The molecule has 3 aromatic rings. The van der Waals surface area contributed by atoms with Gasteiger partial charge in [-0.1, -0.05) is 12.5 Å². The third-order valence-electron chi connectivity index (χ3n) is 7.30. The van der Waals surface area contributed by atoms with Crippen LogP contribution in [0.25, 0.3) is 11.3 Å². The molecule has 0 atom stereocenters. The zero-order valence-electron chi connectivity index (χ0n) is 19.3. The van der Waals surface area contributed by atoms with Crippen LogP contribution in [0.2, 0.25) is 0 Å². The third-order valence-corrected chi connectivity index (χ3v) is 7.30. The molecule has 1 saturated heterocycles. The zero-order chi connectivity index (χ0) is 23.1. The van der Waals surface area contributed by atoms with Gasteiger partial charge in [0.2, 0.25) is 0 Å². The number of carbonyl (C=O) groups is 1. The largest absolute Gasteiger partial charge is 0.393 e. The lowest BCUT2D eigenvalue weighted by Gasteiger charge is -2.31. The van der Waals surface area contributed by atoms with Crippen molar-refractivity contribution in [2.45, 2.75) is 57.7 Å². The number of rotatable bonds is 4. The molecule has 3 N–H and O–H groups in total. The molecule has 2 aromatic heterocycles. The quantitative estimate of drug-likeness (QED) is 0.553. The fraction of sp³-hybridized carbons (Fsp3) is 0.423. The molecule has 1 aromatic carbocycles. The second kappa shape index (κ2) is 8.76. The van der Waals surface area contributed by atoms with Crippen LogP contribution in [0.5, 0.6) is 0 Å². The van der Waals surface area contributed by atoms with Crippen LogP contribution in [0.1, 0.15) is 53.8 Å². The summed E-state index contributed by atoms with van der Waals surface area (Å²) < 4.78 is 2.33. The molecule has 8 nitrogen and oxygen atoms in total. The van der Waals surface area contributed by atoms with E-state index in [4.69, 9.17) is 4.98 Å². The second-order valence-corrected chi connectivity index (χ2v) is 9.46. The third kappa shape index (κ3) is 3.81. The summed E-state index contributed by atoms with van der Waals surface area (Å²) in [5.41, 5.74) is 5.71. The van der Waals surface area contributed by atoms with E-state index in [0.29, 0.717) is 17.9 Å². The standard InChI is InChI=1S/C26H30N6O2/c33-18-9-12-31(13-10-18)17-5-8-23(27-14-17)30-21-7-6-19(20-15-29-26(34)25(20)21)22-16-28-24-4-2-1-3-11-32(22)24/h5-8,14,16,18,33H,1-4,9-13,15H2,(H,27,30)(H,29,34). The topological polar surface area (TPSA) is 95.3 Å². The molecule has 34 heavy (non-hydrogen) atoms. The predicted octanol–water partition coefficient (Wildman–Crippen LogP) is 3.62. The van der Waals surface area contributed by atoms with Crippen molar-refractivity contribution in [1.82, 2.24) is 19.9 Å². The molecule has 0 saturated carbocycles. The summed E-state index contributed by atoms with van der Waals surface area (Å²) in [6.07, 6.45) is 9.79. The summed E-state index contributed by atoms with van der Waals surface area (Å²) in [6, 6.07) is 8.08. The van der Waals surface area contributed by atoms with Crippen LogP contribution >= 0.6 is 0 Å². The van der Waals surface area contributed by atoms with Crippen molar-refractivity contribution in [3.63, 3.8) is 0 Å². The van der Waals surface area contributed by atoms with Crippen molar-refractivity contribution in [2.24, 2.45) is 0 Å². The number of nitrogens with zero attached hydrogens (tertiary/aromatic N) is 4. The molecular weight excluding hydrogens is 428 g/mol. The number of hydrogen-bond donors (Lipinski definition) is 3. The molecule has 176 valence electrons. The second-order valence-electron chi connectivity index (χ2n) is 9.46. The number of aromatic nitrogens is 3. The summed E-state index contributed by atoms with van der Waals surface area (Å²) in [5, 5.41) is 16.1. The molecule has 0 radical (unpaired) electrons. The van der Waals surface area contributed by atoms with Gasteiger partial charge >= 0.3 is 0 Å². The highest BCUT2D eigenvalue weighted by Crippen LogP contribution is 2.36. The number of hydrogen-bond acceptors (Lipinski definition) is 6. The first-order valence-corrected chi connectivity index (χ1v) is 12.3. The van der Waals surface area contributed by atoms with Gasteiger partial charge < -0.3 is 25.2 Å². The highest BCUT2D eigenvalue weighted by Gasteiger charge is 2.28. The molecule has 0 aliphatic carbocycles. The number of imidazole rings is 1. The summed E-state index contributed by atoms with van der Waals surface area (Å²) in [6.45, 7) is 3.17. The van der Waals surface area contributed by atoms with Gasteiger partial charge in [-0.2, -0.15) is 0 Å². The van der Waals surface area contributed by atoms with E-state index in [-0.39, 0.29) is 12.0 Å². The van der Waals surface area contributed by atoms with Gasteiger partial charge in [0.05, 0.1) is 41.1 Å². The highest BCUT2D eigenvalue weighted by atomic mass is 16.3. The van der Waals surface area contributed by atoms with E-state index < -0.39 is 0 Å². The number of aryl methyl sites for hydroxylation is 1. The molecule has 1 amide bonds. The minimum absolute atomic E-state index is 0.0570. The van der Waals surface area contributed by atoms with E-state index in [1.807, 2.05) is 30.6 Å². The number of anilines is 3. The maximum Gasteiger partial charge on any atom is 0.254 e. The fourth-order valence-corrected chi connectivity index (χ4v) is 5.41. The van der Waals surface area contributed by atoms with Gasteiger partial charge in [0, 0.05) is 38.2 Å². The van der Waals surface area contributed by atoms with Crippen LogP contribution in [-0.4, -0.2) is 44.7 Å². The molecule has 0 bridgehead atoms. The lowest BCUT2D eigenvalue weighted by molar-refractivity contribution is 0.0966. The Hall–Kier alpha value is -3.39. The number of amides is 1. The monoisotopic (exact) mass is 458 g/mol. The number of benzene rings is 1. The Labute approximate surface area is 199 Å². The van der Waals surface area contributed by atoms with E-state index in [0.717, 1.165) is 79.3 Å². The number of aliphatic hydroxyl groups excluding tert-OH is 1. The Morgan fingerprint density at radius 1 is 1.00 bits per heavy atom. The van der Waals surface area contributed by atoms with Crippen LogP contribution in [0.15, 0.2) is 36.7 Å². The van der Waals surface area contributed by atoms with E-state index in [2.05, 4.69) is 31.2 Å². The van der Waals surface area contributed by atoms with Gasteiger partial charge in [-0.3, -0.25) is 4.79 Å². The van der Waals surface area contributed by atoms with E-state index in [1.165, 1.54) is 12.8 Å². The van der Waals surface area contributed by atoms with E-state index in [1.54, 1.807) is 0 Å². The van der Waals surface area contributed by atoms with Gasteiger partial charge in [-0.25, -0.2) is 9.97 Å². The van der Waals surface area contributed by atoms with Crippen LogP contribution in [0.3, 0.4) is 0 Å². The maximum absolute atomic E-state index is 12.8. The van der Waals surface area contributed by atoms with E-state index >= 15 is 0 Å². The summed E-state index contributed by atoms with van der Waals surface area (Å²) >= 11 is 0. The van der Waals surface area contributed by atoms with Crippen molar-refractivity contribution in [2.75, 3.05) is 23.3 Å². The number of carbonyl (C=O) groups excluding carboxylic acids is 1. The Kier molecular flexibility index (Phi) is 5.45. The van der Waals surface area contributed by atoms with Crippen molar-refractivity contribution in [1.29, 1.82) is 0 Å². The number of aliphatic hydroxyl groups is 1. The molecule has 5 heterocycles. The SMILES string of the molecule is O=C1NCc2c(-c3cnc4n3CCCCC4)ccc(Nc3ccc(N4CCC(O)CC4)cn3)c21. The Balaban J connectivity index is 1.28. The van der Waals surface area contributed by atoms with Gasteiger partial charge in [-0.05, 0) is 49.4 Å². The minimum atomic E-state index is -0.195. The molecule has 0 unspecified atom stereocenters. The Morgan fingerprint density at radius 2 is 1.88 bits per heavy atom. The van der Waals surface area contributed by atoms with Crippen molar-refractivity contribution < 1.29 is 9.90 Å². The summed E-state index contributed by atoms with van der Waals surface area (Å²) in [4.78, 5) is 24.3. The van der Waals surface area contributed by atoms with Gasteiger partial charge in [0.15, 0.2) is 0 Å². The predicted molar refractivity (Wildman–Crippen MR) is 131 cm³/mol. The average Bonchev–Trinajstić information content (AvgIpc) is 3.36. The average molecular weight is 459 g/mol. The van der Waals surface area contributed by atoms with Crippen LogP contribution < -0.4 is 15.5 Å². The molecule has 3 aliphatic rings. The van der Waals surface area contributed by atoms with Crippen LogP contribution in [-0.2, 0) is 19.5 Å². The first-order chi connectivity index (χ1) is 16.7. The van der Waals surface area contributed by atoms with Crippen molar-refractivity contribution in [3.05, 3.63) is 53.6 Å². The molecule has 1 fully saturated rings.